The first kappa shape index (κ1) is 18.7. The van der Waals surface area contributed by atoms with Crippen LogP contribution in [0.15, 0.2) is 36.5 Å². The molecule has 6 heteroatoms. The van der Waals surface area contributed by atoms with Gasteiger partial charge in [-0.2, -0.15) is 0 Å². The molecule has 2 rings (SSSR count). The van der Waals surface area contributed by atoms with Gasteiger partial charge in [0.25, 0.3) is 5.91 Å². The zero-order valence-corrected chi connectivity index (χ0v) is 15.2. The Kier molecular flexibility index (Phi) is 7.19. The molecule has 1 N–H and O–H groups in total. The number of nitrogens with one attached hydrogen (secondary N) is 1. The van der Waals surface area contributed by atoms with Crippen LogP contribution in [-0.4, -0.2) is 43.1 Å². The molecule has 1 aromatic carbocycles. The number of carbonyl (C=O) groups excluding carboxylic acids is 1. The van der Waals surface area contributed by atoms with Gasteiger partial charge in [-0.25, -0.2) is 9.97 Å². The molecule has 25 heavy (non-hydrogen) atoms. The standard InChI is InChI=1S/C19H26N4O2/c1-4-5-14-23(2)19-21-13-11-16(22-19)18(24)20-12-10-15-8-6-7-9-17(15)25-3/h6-9,11,13H,4-5,10,12,14H2,1-3H3,(H,20,24). The van der Waals surface area contributed by atoms with Crippen LogP contribution in [0.25, 0.3) is 0 Å². The Bertz CT molecular complexity index is 691. The minimum atomic E-state index is -0.192. The average molecular weight is 342 g/mol. The minimum absolute atomic E-state index is 0.192. The first-order valence-electron chi connectivity index (χ1n) is 8.60. The molecule has 134 valence electrons. The summed E-state index contributed by atoms with van der Waals surface area (Å²) in [6.07, 6.45) is 4.49. The molecule has 2 aromatic rings. The minimum Gasteiger partial charge on any atom is -0.496 e. The molecule has 0 atom stereocenters. The van der Waals surface area contributed by atoms with E-state index in [1.807, 2.05) is 36.2 Å². The van der Waals surface area contributed by atoms with Crippen LogP contribution in [0, 0.1) is 0 Å². The van der Waals surface area contributed by atoms with Gasteiger partial charge < -0.3 is 15.0 Å². The summed E-state index contributed by atoms with van der Waals surface area (Å²) in [6.45, 7) is 3.53. The quantitative estimate of drug-likeness (QED) is 0.759. The molecule has 0 unspecified atom stereocenters. The Labute approximate surface area is 149 Å². The number of benzene rings is 1. The first-order chi connectivity index (χ1) is 12.2. The summed E-state index contributed by atoms with van der Waals surface area (Å²) in [4.78, 5) is 22.9. The predicted molar refractivity (Wildman–Crippen MR) is 99.2 cm³/mol. The maximum absolute atomic E-state index is 12.3. The Morgan fingerprint density at radius 1 is 1.28 bits per heavy atom. The Morgan fingerprint density at radius 2 is 2.08 bits per heavy atom. The zero-order valence-electron chi connectivity index (χ0n) is 15.2. The van der Waals surface area contributed by atoms with Crippen LogP contribution in [0.2, 0.25) is 0 Å². The van der Waals surface area contributed by atoms with Crippen molar-refractivity contribution in [3.8, 4) is 5.75 Å². The number of anilines is 1. The molecule has 6 nitrogen and oxygen atoms in total. The fourth-order valence-corrected chi connectivity index (χ4v) is 2.46. The Balaban J connectivity index is 1.92. The highest BCUT2D eigenvalue weighted by atomic mass is 16.5. The summed E-state index contributed by atoms with van der Waals surface area (Å²) in [5.74, 6) is 1.21. The third-order valence-electron chi connectivity index (χ3n) is 3.94. The van der Waals surface area contributed by atoms with E-state index in [2.05, 4.69) is 22.2 Å². The lowest BCUT2D eigenvalue weighted by Crippen LogP contribution is -2.28. The number of nitrogens with zero attached hydrogens (tertiary/aromatic N) is 3. The van der Waals surface area contributed by atoms with Gasteiger partial charge >= 0.3 is 0 Å². The van der Waals surface area contributed by atoms with Crippen molar-refractivity contribution in [2.24, 2.45) is 0 Å². The van der Waals surface area contributed by atoms with Crippen molar-refractivity contribution in [1.29, 1.82) is 0 Å². The molecule has 0 aliphatic carbocycles. The van der Waals surface area contributed by atoms with Crippen molar-refractivity contribution in [3.05, 3.63) is 47.8 Å². The van der Waals surface area contributed by atoms with E-state index in [1.165, 1.54) is 0 Å². The number of carbonyl (C=O) groups is 1. The number of para-hydroxylation sites is 1. The van der Waals surface area contributed by atoms with Crippen LogP contribution in [0.3, 0.4) is 0 Å². The van der Waals surface area contributed by atoms with E-state index < -0.39 is 0 Å². The summed E-state index contributed by atoms with van der Waals surface area (Å²) in [6, 6.07) is 9.44. The van der Waals surface area contributed by atoms with Crippen LogP contribution in [-0.2, 0) is 6.42 Å². The lowest BCUT2D eigenvalue weighted by atomic mass is 10.1. The summed E-state index contributed by atoms with van der Waals surface area (Å²) in [5, 5.41) is 2.90. The molecule has 1 heterocycles. The molecular formula is C19H26N4O2. The fourth-order valence-electron chi connectivity index (χ4n) is 2.46. The first-order valence-corrected chi connectivity index (χ1v) is 8.60. The smallest absolute Gasteiger partial charge is 0.270 e. The van der Waals surface area contributed by atoms with E-state index in [4.69, 9.17) is 4.74 Å². The topological polar surface area (TPSA) is 67.4 Å². The van der Waals surface area contributed by atoms with Gasteiger partial charge in [-0.05, 0) is 30.5 Å². The number of aromatic nitrogens is 2. The average Bonchev–Trinajstić information content (AvgIpc) is 2.66. The molecule has 0 fully saturated rings. The summed E-state index contributed by atoms with van der Waals surface area (Å²) >= 11 is 0. The highest BCUT2D eigenvalue weighted by Gasteiger charge is 2.11. The number of hydrogen-bond acceptors (Lipinski definition) is 5. The van der Waals surface area contributed by atoms with Crippen LogP contribution in [0.4, 0.5) is 5.95 Å². The van der Waals surface area contributed by atoms with Crippen molar-refractivity contribution in [1.82, 2.24) is 15.3 Å². The monoisotopic (exact) mass is 342 g/mol. The highest BCUT2D eigenvalue weighted by molar-refractivity contribution is 5.92. The predicted octanol–water partition coefficient (Wildman–Crippen LogP) is 2.69. The number of ether oxygens (including phenoxy) is 1. The summed E-state index contributed by atoms with van der Waals surface area (Å²) in [5.41, 5.74) is 1.45. The van der Waals surface area contributed by atoms with E-state index in [0.29, 0.717) is 24.6 Å². The molecule has 0 saturated carbocycles. The largest absolute Gasteiger partial charge is 0.496 e. The third-order valence-corrected chi connectivity index (χ3v) is 3.94. The van der Waals surface area contributed by atoms with Crippen molar-refractivity contribution in [2.45, 2.75) is 26.2 Å². The van der Waals surface area contributed by atoms with Gasteiger partial charge in [0.2, 0.25) is 5.95 Å². The lowest BCUT2D eigenvalue weighted by molar-refractivity contribution is 0.0949. The van der Waals surface area contributed by atoms with E-state index in [9.17, 15) is 4.79 Å². The molecule has 1 aromatic heterocycles. The van der Waals surface area contributed by atoms with Gasteiger partial charge in [-0.15, -0.1) is 0 Å². The Hall–Kier alpha value is -2.63. The molecule has 1 amide bonds. The normalized spacial score (nSPS) is 10.4. The van der Waals surface area contributed by atoms with Crippen molar-refractivity contribution < 1.29 is 9.53 Å². The maximum Gasteiger partial charge on any atom is 0.270 e. The second-order valence-electron chi connectivity index (χ2n) is 5.83. The van der Waals surface area contributed by atoms with Crippen molar-refractivity contribution in [2.75, 3.05) is 32.1 Å². The molecule has 0 aliphatic rings. The SMILES string of the molecule is CCCCN(C)c1nccc(C(=O)NCCc2ccccc2OC)n1. The van der Waals surface area contributed by atoms with Gasteiger partial charge in [0.05, 0.1) is 7.11 Å². The van der Waals surface area contributed by atoms with Crippen molar-refractivity contribution >= 4 is 11.9 Å². The van der Waals surface area contributed by atoms with Gasteiger partial charge in [-0.3, -0.25) is 4.79 Å². The molecule has 0 bridgehead atoms. The van der Waals surface area contributed by atoms with E-state index in [0.717, 1.165) is 30.7 Å². The number of unbranched alkanes of at least 4 members (excludes halogenated alkanes) is 1. The van der Waals surface area contributed by atoms with Gasteiger partial charge in [0.15, 0.2) is 0 Å². The van der Waals surface area contributed by atoms with E-state index in [1.54, 1.807) is 19.4 Å². The zero-order chi connectivity index (χ0) is 18.1. The van der Waals surface area contributed by atoms with Gasteiger partial charge in [-0.1, -0.05) is 31.5 Å². The van der Waals surface area contributed by atoms with E-state index >= 15 is 0 Å². The summed E-state index contributed by atoms with van der Waals surface area (Å²) in [7, 11) is 3.59. The molecule has 0 spiro atoms. The summed E-state index contributed by atoms with van der Waals surface area (Å²) < 4.78 is 5.32. The highest BCUT2D eigenvalue weighted by Crippen LogP contribution is 2.17. The second kappa shape index (κ2) is 9.61. The molecule has 0 saturated heterocycles. The van der Waals surface area contributed by atoms with Crippen LogP contribution < -0.4 is 15.0 Å². The number of hydrogen-bond donors (Lipinski definition) is 1. The van der Waals surface area contributed by atoms with Crippen LogP contribution in [0.1, 0.15) is 35.8 Å². The van der Waals surface area contributed by atoms with Crippen LogP contribution >= 0.6 is 0 Å². The van der Waals surface area contributed by atoms with Gasteiger partial charge in [0, 0.05) is 26.3 Å². The van der Waals surface area contributed by atoms with Gasteiger partial charge in [0.1, 0.15) is 11.4 Å². The second-order valence-corrected chi connectivity index (χ2v) is 5.83. The van der Waals surface area contributed by atoms with E-state index in [-0.39, 0.29) is 5.91 Å². The van der Waals surface area contributed by atoms with Crippen LogP contribution in [0.5, 0.6) is 5.75 Å². The fraction of sp³-hybridized carbons (Fsp3) is 0.421. The third kappa shape index (κ3) is 5.45. The lowest BCUT2D eigenvalue weighted by Gasteiger charge is -2.16. The molecule has 0 radical (unpaired) electrons. The number of methoxy groups -OCH3 is 1. The number of rotatable bonds is 9. The van der Waals surface area contributed by atoms with Crippen molar-refractivity contribution in [3.63, 3.8) is 0 Å². The number of amides is 1. The Morgan fingerprint density at radius 3 is 2.84 bits per heavy atom. The molecular weight excluding hydrogens is 316 g/mol. The molecule has 0 aliphatic heterocycles. The maximum atomic E-state index is 12.3.